The van der Waals surface area contributed by atoms with Gasteiger partial charge in [-0.05, 0) is 80.1 Å². The van der Waals surface area contributed by atoms with Crippen molar-refractivity contribution in [3.8, 4) is 0 Å². The van der Waals surface area contributed by atoms with Crippen LogP contribution in [0.2, 0.25) is 0 Å². The van der Waals surface area contributed by atoms with Gasteiger partial charge in [-0.3, -0.25) is 28.8 Å². The molecule has 0 spiro atoms. The van der Waals surface area contributed by atoms with Gasteiger partial charge in [0.1, 0.15) is 11.6 Å². The molecule has 0 saturated heterocycles. The third-order valence-corrected chi connectivity index (χ3v) is 8.28. The van der Waals surface area contributed by atoms with Crippen molar-refractivity contribution in [1.82, 2.24) is 9.97 Å². The number of hydrogen-bond acceptors (Lipinski definition) is 8. The second-order valence-corrected chi connectivity index (χ2v) is 11.3. The van der Waals surface area contributed by atoms with Crippen LogP contribution in [0, 0.1) is 18.8 Å². The molecule has 44 heavy (non-hydrogen) atoms. The molecule has 0 saturated carbocycles. The smallest absolute Gasteiger partial charge is 0.306 e. The zero-order valence-corrected chi connectivity index (χ0v) is 24.5. The van der Waals surface area contributed by atoms with Crippen molar-refractivity contribution in [3.63, 3.8) is 0 Å². The number of H-pyrrole nitrogens is 1. The van der Waals surface area contributed by atoms with Gasteiger partial charge in [0.05, 0.1) is 28.8 Å². The predicted octanol–water partition coefficient (Wildman–Crippen LogP) is 3.93. The molecule has 0 fully saturated rings. The summed E-state index contributed by atoms with van der Waals surface area (Å²) < 4.78 is 0. The van der Waals surface area contributed by atoms with Gasteiger partial charge in [-0.15, -0.1) is 0 Å². The van der Waals surface area contributed by atoms with Crippen molar-refractivity contribution in [2.75, 3.05) is 11.9 Å². The highest BCUT2D eigenvalue weighted by atomic mass is 16.4. The minimum Gasteiger partial charge on any atom is -0.481 e. The Morgan fingerprint density at radius 3 is 2.23 bits per heavy atom. The van der Waals surface area contributed by atoms with Gasteiger partial charge in [0.2, 0.25) is 0 Å². The molecule has 3 aromatic rings. The number of aryl methyl sites for hydroxylation is 2. The van der Waals surface area contributed by atoms with E-state index in [9.17, 15) is 39.0 Å². The fourth-order valence-electron chi connectivity index (χ4n) is 5.78. The minimum atomic E-state index is -1.29. The third kappa shape index (κ3) is 7.55. The van der Waals surface area contributed by atoms with Crippen LogP contribution in [-0.2, 0) is 25.6 Å². The second kappa shape index (κ2) is 13.6. The van der Waals surface area contributed by atoms with Crippen LogP contribution in [0.25, 0.3) is 10.9 Å². The number of nitrogens with zero attached hydrogens (tertiary/aromatic N) is 2. The molecule has 1 aromatic heterocycles. The maximum atomic E-state index is 13.0. The summed E-state index contributed by atoms with van der Waals surface area (Å²) in [6, 6.07) is 10.7. The molecule has 12 nitrogen and oxygen atoms in total. The van der Waals surface area contributed by atoms with Gasteiger partial charge in [-0.25, -0.2) is 4.98 Å². The number of rotatable bonds is 15. The first-order valence-electron chi connectivity index (χ1n) is 14.4. The lowest BCUT2D eigenvalue weighted by molar-refractivity contribution is -0.146. The number of ketones is 2. The van der Waals surface area contributed by atoms with Gasteiger partial charge in [0.15, 0.2) is 5.78 Å². The molecule has 0 amide bonds. The van der Waals surface area contributed by atoms with Crippen LogP contribution in [-0.4, -0.2) is 61.8 Å². The standard InChI is InChI=1S/C32H35N3O9/c1-17-33-26-14-19-6-11-27(24(19)16-25(26)30(40)34-17)35(2)22-8-3-18(4-9-22)28(37)15-21(32(43)44)5-10-23(36)13-20(31(41)42)7-12-29(38)39/h3-4,8-9,14,16,20-21,27H,5-7,10-13,15H2,1-2H3,(H,38,39)(H,41,42)(H,43,44)(H,33,34,40)/t20-,21+,27?/m0/s1. The first-order valence-corrected chi connectivity index (χ1v) is 14.4. The molecule has 2 aromatic carbocycles. The number of carboxylic acids is 3. The highest BCUT2D eigenvalue weighted by Crippen LogP contribution is 2.39. The molecule has 1 unspecified atom stereocenters. The zero-order valence-electron chi connectivity index (χ0n) is 24.5. The van der Waals surface area contributed by atoms with Gasteiger partial charge in [0, 0.05) is 44.0 Å². The number of aromatic nitrogens is 2. The Bertz CT molecular complexity index is 1660. The lowest BCUT2D eigenvalue weighted by Crippen LogP contribution is -2.23. The van der Waals surface area contributed by atoms with E-state index >= 15 is 0 Å². The quantitative estimate of drug-likeness (QED) is 0.183. The second-order valence-electron chi connectivity index (χ2n) is 11.3. The number of aliphatic carboxylic acids is 3. The molecule has 1 heterocycles. The van der Waals surface area contributed by atoms with Crippen LogP contribution in [0.15, 0.2) is 41.2 Å². The van der Waals surface area contributed by atoms with E-state index < -0.39 is 54.2 Å². The van der Waals surface area contributed by atoms with E-state index in [2.05, 4.69) is 14.9 Å². The Morgan fingerprint density at radius 1 is 0.955 bits per heavy atom. The number of carboxylic acid groups (broad SMARTS) is 3. The summed E-state index contributed by atoms with van der Waals surface area (Å²) in [6.07, 6.45) is -0.0200. The van der Waals surface area contributed by atoms with E-state index in [-0.39, 0.29) is 37.3 Å². The Hall–Kier alpha value is -4.87. The Morgan fingerprint density at radius 2 is 1.59 bits per heavy atom. The van der Waals surface area contributed by atoms with E-state index in [1.165, 1.54) is 0 Å². The molecule has 232 valence electrons. The number of nitrogens with one attached hydrogen (secondary N) is 1. The number of anilines is 1. The Labute approximate surface area is 252 Å². The van der Waals surface area contributed by atoms with Crippen molar-refractivity contribution < 1.29 is 39.3 Å². The monoisotopic (exact) mass is 605 g/mol. The number of fused-ring (bicyclic) bond motifs is 2. The summed E-state index contributed by atoms with van der Waals surface area (Å²) in [5.74, 6) is -6.33. The summed E-state index contributed by atoms with van der Waals surface area (Å²) in [6.45, 7) is 1.75. The maximum absolute atomic E-state index is 13.0. The number of aromatic amines is 1. The van der Waals surface area contributed by atoms with E-state index in [4.69, 9.17) is 5.11 Å². The maximum Gasteiger partial charge on any atom is 0.306 e. The highest BCUT2D eigenvalue weighted by Gasteiger charge is 2.29. The molecular weight excluding hydrogens is 570 g/mol. The van der Waals surface area contributed by atoms with Gasteiger partial charge in [0.25, 0.3) is 5.56 Å². The Balaban J connectivity index is 1.38. The topological polar surface area (TPSA) is 195 Å². The number of carbonyl (C=O) groups excluding carboxylic acids is 2. The van der Waals surface area contributed by atoms with Gasteiger partial charge < -0.3 is 25.2 Å². The van der Waals surface area contributed by atoms with Crippen molar-refractivity contribution in [2.45, 2.75) is 64.3 Å². The highest BCUT2D eigenvalue weighted by molar-refractivity contribution is 5.98. The van der Waals surface area contributed by atoms with Crippen LogP contribution in [0.4, 0.5) is 5.69 Å². The Kier molecular flexibility index (Phi) is 9.92. The number of benzene rings is 2. The molecular formula is C32H35N3O9. The summed E-state index contributed by atoms with van der Waals surface area (Å²) in [4.78, 5) is 81.1. The lowest BCUT2D eigenvalue weighted by Gasteiger charge is -2.28. The molecule has 0 radical (unpaired) electrons. The van der Waals surface area contributed by atoms with E-state index in [1.807, 2.05) is 19.2 Å². The number of Topliss-reactive ketones (excluding diaryl/α,β-unsaturated/α-hetero) is 2. The summed E-state index contributed by atoms with van der Waals surface area (Å²) in [7, 11) is 1.94. The first kappa shape index (κ1) is 32.1. The van der Waals surface area contributed by atoms with Crippen LogP contribution < -0.4 is 10.5 Å². The molecule has 0 bridgehead atoms. The van der Waals surface area contributed by atoms with Crippen LogP contribution in [0.1, 0.15) is 78.3 Å². The SMILES string of the molecule is Cc1nc2cc3c(cc2c(=O)[nH]1)C(N(C)c1ccc(C(=O)C[C@@H](CCC(=O)C[C@H](CCC(=O)O)C(=O)O)C(=O)O)cc1)CC3. The molecule has 0 aliphatic heterocycles. The van der Waals surface area contributed by atoms with Crippen LogP contribution >= 0.6 is 0 Å². The van der Waals surface area contributed by atoms with E-state index in [1.54, 1.807) is 31.2 Å². The van der Waals surface area contributed by atoms with E-state index in [0.29, 0.717) is 22.3 Å². The van der Waals surface area contributed by atoms with Crippen molar-refractivity contribution in [2.24, 2.45) is 11.8 Å². The average molecular weight is 606 g/mol. The van der Waals surface area contributed by atoms with Gasteiger partial charge in [-0.1, -0.05) is 0 Å². The summed E-state index contributed by atoms with van der Waals surface area (Å²) in [5.41, 5.74) is 3.83. The molecule has 1 aliphatic carbocycles. The zero-order chi connectivity index (χ0) is 32.1. The molecule has 1 aliphatic rings. The first-order chi connectivity index (χ1) is 20.8. The summed E-state index contributed by atoms with van der Waals surface area (Å²) >= 11 is 0. The largest absolute Gasteiger partial charge is 0.481 e. The lowest BCUT2D eigenvalue weighted by atomic mass is 9.90. The molecule has 12 heteroatoms. The molecule has 3 atom stereocenters. The third-order valence-electron chi connectivity index (χ3n) is 8.28. The minimum absolute atomic E-state index is 0.00966. The normalized spacial score (nSPS) is 15.4. The van der Waals surface area contributed by atoms with Gasteiger partial charge in [-0.2, -0.15) is 0 Å². The van der Waals surface area contributed by atoms with Crippen molar-refractivity contribution in [3.05, 3.63) is 69.3 Å². The fraction of sp³-hybridized carbons (Fsp3) is 0.406. The van der Waals surface area contributed by atoms with E-state index in [0.717, 1.165) is 29.7 Å². The number of carbonyl (C=O) groups is 5. The summed E-state index contributed by atoms with van der Waals surface area (Å²) in [5, 5.41) is 28.2. The van der Waals surface area contributed by atoms with Crippen LogP contribution in [0.5, 0.6) is 0 Å². The predicted molar refractivity (Wildman–Crippen MR) is 160 cm³/mol. The fourth-order valence-corrected chi connectivity index (χ4v) is 5.78. The van der Waals surface area contributed by atoms with Gasteiger partial charge >= 0.3 is 17.9 Å². The van der Waals surface area contributed by atoms with Crippen molar-refractivity contribution >= 4 is 46.1 Å². The number of hydrogen-bond donors (Lipinski definition) is 4. The van der Waals surface area contributed by atoms with Crippen LogP contribution in [0.3, 0.4) is 0 Å². The molecule has 4 rings (SSSR count). The van der Waals surface area contributed by atoms with Crippen molar-refractivity contribution in [1.29, 1.82) is 0 Å². The average Bonchev–Trinajstić information content (AvgIpc) is 3.38. The molecule has 4 N–H and O–H groups in total.